The summed E-state index contributed by atoms with van der Waals surface area (Å²) in [5, 5.41) is 0. The first kappa shape index (κ1) is 8.46. The SMILES string of the molecule is CC(C)(C)N1CC(=S)N=C1N. The lowest BCUT2D eigenvalue weighted by atomic mass is 10.1. The Balaban J connectivity index is 2.80. The van der Waals surface area contributed by atoms with Crippen LogP contribution in [0.4, 0.5) is 0 Å². The Morgan fingerprint density at radius 1 is 1.55 bits per heavy atom. The summed E-state index contributed by atoms with van der Waals surface area (Å²) in [5.74, 6) is 0.544. The summed E-state index contributed by atoms with van der Waals surface area (Å²) in [6, 6.07) is 0. The molecule has 0 aromatic rings. The fraction of sp³-hybridized carbons (Fsp3) is 0.714. The summed E-state index contributed by atoms with van der Waals surface area (Å²) < 4.78 is 0. The number of hydrogen-bond donors (Lipinski definition) is 1. The first-order valence-corrected chi connectivity index (χ1v) is 3.97. The van der Waals surface area contributed by atoms with Crippen molar-refractivity contribution in [1.29, 1.82) is 0 Å². The topological polar surface area (TPSA) is 41.6 Å². The fourth-order valence-corrected chi connectivity index (χ4v) is 1.24. The number of nitrogens with zero attached hydrogens (tertiary/aromatic N) is 2. The zero-order valence-corrected chi connectivity index (χ0v) is 7.90. The highest BCUT2D eigenvalue weighted by molar-refractivity contribution is 7.80. The summed E-state index contributed by atoms with van der Waals surface area (Å²) in [6.07, 6.45) is 0. The van der Waals surface area contributed by atoms with Gasteiger partial charge in [0.05, 0.1) is 6.54 Å². The molecule has 0 aromatic heterocycles. The molecule has 1 heterocycles. The van der Waals surface area contributed by atoms with Crippen LogP contribution in [0.3, 0.4) is 0 Å². The van der Waals surface area contributed by atoms with Gasteiger partial charge in [-0.25, -0.2) is 4.99 Å². The molecule has 0 aliphatic carbocycles. The van der Waals surface area contributed by atoms with E-state index in [0.717, 1.165) is 0 Å². The van der Waals surface area contributed by atoms with Gasteiger partial charge in [0, 0.05) is 5.54 Å². The minimum atomic E-state index is 0.0220. The predicted octanol–water partition coefficient (Wildman–Crippen LogP) is 0.743. The van der Waals surface area contributed by atoms with Crippen molar-refractivity contribution in [1.82, 2.24) is 4.90 Å². The van der Waals surface area contributed by atoms with Gasteiger partial charge in [0.15, 0.2) is 5.96 Å². The van der Waals surface area contributed by atoms with E-state index in [2.05, 4.69) is 25.8 Å². The lowest BCUT2D eigenvalue weighted by Gasteiger charge is -2.32. The standard InChI is InChI=1S/C7H13N3S/c1-7(2,3)10-4-5(11)9-6(10)8/h4H2,1-3H3,(H2,8,9,11). The predicted molar refractivity (Wildman–Crippen MR) is 50.7 cm³/mol. The summed E-state index contributed by atoms with van der Waals surface area (Å²) in [7, 11) is 0. The van der Waals surface area contributed by atoms with E-state index in [1.54, 1.807) is 0 Å². The van der Waals surface area contributed by atoms with Gasteiger partial charge >= 0.3 is 0 Å². The molecule has 0 bridgehead atoms. The van der Waals surface area contributed by atoms with Gasteiger partial charge in [-0.15, -0.1) is 0 Å². The van der Waals surface area contributed by atoms with E-state index in [1.807, 2.05) is 4.90 Å². The molecule has 0 fully saturated rings. The first-order valence-electron chi connectivity index (χ1n) is 3.56. The minimum Gasteiger partial charge on any atom is -0.369 e. The second-order valence-electron chi connectivity index (χ2n) is 3.62. The molecule has 1 aliphatic rings. The van der Waals surface area contributed by atoms with Crippen LogP contribution in [0.1, 0.15) is 20.8 Å². The summed E-state index contributed by atoms with van der Waals surface area (Å²) in [5.41, 5.74) is 5.67. The molecule has 11 heavy (non-hydrogen) atoms. The Kier molecular flexibility index (Phi) is 1.88. The smallest absolute Gasteiger partial charge is 0.197 e. The highest BCUT2D eigenvalue weighted by Gasteiger charge is 2.28. The summed E-state index contributed by atoms with van der Waals surface area (Å²) in [4.78, 5) is 6.66. The van der Waals surface area contributed by atoms with Crippen molar-refractivity contribution in [3.63, 3.8) is 0 Å². The molecule has 0 aromatic carbocycles. The third kappa shape index (κ3) is 1.68. The van der Waals surface area contributed by atoms with Crippen LogP contribution in [0.25, 0.3) is 0 Å². The van der Waals surface area contributed by atoms with Crippen LogP contribution < -0.4 is 5.73 Å². The van der Waals surface area contributed by atoms with E-state index in [4.69, 9.17) is 18.0 Å². The van der Waals surface area contributed by atoms with Gasteiger partial charge in [0.1, 0.15) is 4.99 Å². The van der Waals surface area contributed by atoms with Gasteiger partial charge in [-0.05, 0) is 20.8 Å². The molecule has 1 rings (SSSR count). The van der Waals surface area contributed by atoms with E-state index in [9.17, 15) is 0 Å². The molecule has 0 atom stereocenters. The highest BCUT2D eigenvalue weighted by atomic mass is 32.1. The molecule has 2 N–H and O–H groups in total. The lowest BCUT2D eigenvalue weighted by molar-refractivity contribution is 0.269. The minimum absolute atomic E-state index is 0.0220. The molecule has 0 radical (unpaired) electrons. The van der Waals surface area contributed by atoms with Crippen molar-refractivity contribution in [2.45, 2.75) is 26.3 Å². The quantitative estimate of drug-likeness (QED) is 0.547. The normalized spacial score (nSPS) is 19.0. The van der Waals surface area contributed by atoms with Crippen molar-refractivity contribution < 1.29 is 0 Å². The molecule has 4 heteroatoms. The maximum Gasteiger partial charge on any atom is 0.197 e. The van der Waals surface area contributed by atoms with E-state index in [0.29, 0.717) is 17.5 Å². The third-order valence-electron chi connectivity index (χ3n) is 1.62. The van der Waals surface area contributed by atoms with E-state index in [1.165, 1.54) is 0 Å². The molecular weight excluding hydrogens is 158 g/mol. The van der Waals surface area contributed by atoms with Crippen molar-refractivity contribution >= 4 is 23.2 Å². The van der Waals surface area contributed by atoms with Crippen LogP contribution in [0.15, 0.2) is 4.99 Å². The van der Waals surface area contributed by atoms with Gasteiger partial charge in [0.25, 0.3) is 0 Å². The zero-order valence-electron chi connectivity index (χ0n) is 7.09. The molecular formula is C7H13N3S. The monoisotopic (exact) mass is 171 g/mol. The van der Waals surface area contributed by atoms with Crippen LogP contribution in [0, 0.1) is 0 Å². The van der Waals surface area contributed by atoms with Crippen molar-refractivity contribution in [2.75, 3.05) is 6.54 Å². The van der Waals surface area contributed by atoms with E-state index < -0.39 is 0 Å². The van der Waals surface area contributed by atoms with Crippen molar-refractivity contribution in [3.05, 3.63) is 0 Å². The number of nitrogens with two attached hydrogens (primary N) is 1. The van der Waals surface area contributed by atoms with Crippen molar-refractivity contribution in [3.8, 4) is 0 Å². The Bertz CT molecular complexity index is 214. The largest absolute Gasteiger partial charge is 0.369 e. The number of rotatable bonds is 0. The molecule has 3 nitrogen and oxygen atoms in total. The number of thiocarbonyl (C=S) groups is 1. The second kappa shape index (κ2) is 2.44. The Labute approximate surface area is 72.3 Å². The van der Waals surface area contributed by atoms with Crippen LogP contribution >= 0.6 is 12.2 Å². The lowest BCUT2D eigenvalue weighted by Crippen LogP contribution is -2.47. The van der Waals surface area contributed by atoms with Gasteiger partial charge in [-0.2, -0.15) is 0 Å². The Hall–Kier alpha value is -0.640. The summed E-state index contributed by atoms with van der Waals surface area (Å²) in [6.45, 7) is 6.95. The molecule has 62 valence electrons. The zero-order chi connectivity index (χ0) is 8.65. The van der Waals surface area contributed by atoms with Crippen LogP contribution in [-0.4, -0.2) is 27.9 Å². The third-order valence-corrected chi connectivity index (χ3v) is 1.84. The van der Waals surface area contributed by atoms with Gasteiger partial charge in [-0.3, -0.25) is 0 Å². The second-order valence-corrected chi connectivity index (χ2v) is 4.09. The molecule has 0 unspecified atom stereocenters. The van der Waals surface area contributed by atoms with Crippen LogP contribution in [0.2, 0.25) is 0 Å². The Morgan fingerprint density at radius 3 is 2.27 bits per heavy atom. The molecule has 0 saturated heterocycles. The van der Waals surface area contributed by atoms with Gasteiger partial charge in [-0.1, -0.05) is 12.2 Å². The van der Waals surface area contributed by atoms with Crippen LogP contribution in [0.5, 0.6) is 0 Å². The maximum atomic E-state index is 5.64. The Morgan fingerprint density at radius 2 is 2.09 bits per heavy atom. The van der Waals surface area contributed by atoms with Crippen molar-refractivity contribution in [2.24, 2.45) is 10.7 Å². The van der Waals surface area contributed by atoms with E-state index >= 15 is 0 Å². The van der Waals surface area contributed by atoms with E-state index in [-0.39, 0.29) is 5.54 Å². The highest BCUT2D eigenvalue weighted by Crippen LogP contribution is 2.16. The van der Waals surface area contributed by atoms with Crippen LogP contribution in [-0.2, 0) is 0 Å². The first-order chi connectivity index (χ1) is 4.91. The van der Waals surface area contributed by atoms with Gasteiger partial charge in [0.2, 0.25) is 0 Å². The number of aliphatic imine (C=N–C) groups is 1. The molecule has 1 aliphatic heterocycles. The van der Waals surface area contributed by atoms with Gasteiger partial charge < -0.3 is 10.6 Å². The molecule has 0 saturated carbocycles. The molecule has 0 amide bonds. The maximum absolute atomic E-state index is 5.64. The average Bonchev–Trinajstić information content (AvgIpc) is 2.08. The fourth-order valence-electron chi connectivity index (χ4n) is 1.02. The molecule has 0 spiro atoms. The number of guanidine groups is 1. The summed E-state index contributed by atoms with van der Waals surface area (Å²) >= 11 is 4.93. The number of hydrogen-bond acceptors (Lipinski definition) is 3. The average molecular weight is 171 g/mol.